The standard InChI is InChI=1S/C23H25N7O/c1-31-19-5-2-4-17(14-19)22-20(30-15-18(24)6-7-21(30)27-22)16-28-10-12-29(13-11-28)23-25-8-3-9-26-23/h2-9,14-15H,10-13,16,24H2,1H3. The summed E-state index contributed by atoms with van der Waals surface area (Å²) < 4.78 is 7.54. The number of nitrogen functional groups attached to an aromatic ring is 1. The first-order valence-corrected chi connectivity index (χ1v) is 10.4. The van der Waals surface area contributed by atoms with Gasteiger partial charge in [-0.25, -0.2) is 15.0 Å². The molecule has 0 amide bonds. The number of nitrogens with two attached hydrogens (primary N) is 1. The third-order valence-corrected chi connectivity index (χ3v) is 5.66. The molecule has 0 aliphatic carbocycles. The van der Waals surface area contributed by atoms with Gasteiger partial charge in [0.1, 0.15) is 11.4 Å². The minimum Gasteiger partial charge on any atom is -0.497 e. The van der Waals surface area contributed by atoms with Crippen molar-refractivity contribution in [2.75, 3.05) is 43.9 Å². The lowest BCUT2D eigenvalue weighted by molar-refractivity contribution is 0.245. The Kier molecular flexibility index (Phi) is 5.13. The zero-order valence-electron chi connectivity index (χ0n) is 17.5. The summed E-state index contributed by atoms with van der Waals surface area (Å²) in [7, 11) is 1.68. The van der Waals surface area contributed by atoms with Gasteiger partial charge >= 0.3 is 0 Å². The van der Waals surface area contributed by atoms with Crippen LogP contribution in [0, 0.1) is 0 Å². The minimum atomic E-state index is 0.717. The number of rotatable bonds is 5. The van der Waals surface area contributed by atoms with Crippen LogP contribution in [-0.4, -0.2) is 57.5 Å². The van der Waals surface area contributed by atoms with Gasteiger partial charge in [-0.05, 0) is 30.3 Å². The van der Waals surface area contributed by atoms with E-state index in [1.54, 1.807) is 19.5 Å². The van der Waals surface area contributed by atoms with Crippen molar-refractivity contribution < 1.29 is 4.74 Å². The molecule has 4 aromatic rings. The molecule has 0 radical (unpaired) electrons. The Hall–Kier alpha value is -3.65. The molecule has 0 saturated carbocycles. The van der Waals surface area contributed by atoms with Crippen molar-refractivity contribution in [2.45, 2.75) is 6.54 Å². The molecule has 31 heavy (non-hydrogen) atoms. The molecule has 5 rings (SSSR count). The second kappa shape index (κ2) is 8.23. The van der Waals surface area contributed by atoms with Gasteiger partial charge in [-0.3, -0.25) is 4.90 Å². The van der Waals surface area contributed by atoms with E-state index >= 15 is 0 Å². The fourth-order valence-corrected chi connectivity index (χ4v) is 4.03. The van der Waals surface area contributed by atoms with E-state index in [2.05, 4.69) is 30.2 Å². The van der Waals surface area contributed by atoms with Crippen LogP contribution in [0.25, 0.3) is 16.9 Å². The van der Waals surface area contributed by atoms with Crippen molar-refractivity contribution in [2.24, 2.45) is 0 Å². The molecule has 1 aromatic carbocycles. The smallest absolute Gasteiger partial charge is 0.225 e. The van der Waals surface area contributed by atoms with E-state index in [0.29, 0.717) is 0 Å². The largest absolute Gasteiger partial charge is 0.497 e. The Morgan fingerprint density at radius 2 is 1.81 bits per heavy atom. The molecular formula is C23H25N7O. The molecule has 3 aromatic heterocycles. The van der Waals surface area contributed by atoms with E-state index in [1.807, 2.05) is 42.6 Å². The lowest BCUT2D eigenvalue weighted by Crippen LogP contribution is -2.46. The van der Waals surface area contributed by atoms with Crippen LogP contribution in [-0.2, 0) is 6.54 Å². The number of methoxy groups -OCH3 is 1. The molecule has 0 spiro atoms. The van der Waals surface area contributed by atoms with Gasteiger partial charge in [-0.15, -0.1) is 0 Å². The number of hydrogen-bond acceptors (Lipinski definition) is 7. The zero-order chi connectivity index (χ0) is 21.2. The third-order valence-electron chi connectivity index (χ3n) is 5.66. The quantitative estimate of drug-likeness (QED) is 0.536. The van der Waals surface area contributed by atoms with Crippen LogP contribution in [0.1, 0.15) is 5.69 Å². The average Bonchev–Trinajstić information content (AvgIpc) is 3.17. The summed E-state index contributed by atoms with van der Waals surface area (Å²) in [6.07, 6.45) is 5.53. The molecule has 0 unspecified atom stereocenters. The SMILES string of the molecule is COc1cccc(-c2nc3ccc(N)cn3c2CN2CCN(c3ncccn3)CC2)c1. The molecule has 2 N–H and O–H groups in total. The Morgan fingerprint density at radius 1 is 1.00 bits per heavy atom. The highest BCUT2D eigenvalue weighted by atomic mass is 16.5. The van der Waals surface area contributed by atoms with E-state index < -0.39 is 0 Å². The van der Waals surface area contributed by atoms with Gasteiger partial charge in [0.05, 0.1) is 18.5 Å². The Bertz CT molecular complexity index is 1180. The monoisotopic (exact) mass is 415 g/mol. The molecule has 8 nitrogen and oxygen atoms in total. The highest BCUT2D eigenvalue weighted by molar-refractivity contribution is 5.68. The maximum absolute atomic E-state index is 6.10. The Labute approximate surface area is 180 Å². The van der Waals surface area contributed by atoms with E-state index in [9.17, 15) is 0 Å². The van der Waals surface area contributed by atoms with Crippen molar-refractivity contribution in [1.82, 2.24) is 24.3 Å². The first kappa shape index (κ1) is 19.3. The van der Waals surface area contributed by atoms with Gasteiger partial charge in [0.15, 0.2) is 0 Å². The maximum atomic E-state index is 6.10. The van der Waals surface area contributed by atoms with Crippen LogP contribution in [0.15, 0.2) is 61.1 Å². The maximum Gasteiger partial charge on any atom is 0.225 e. The van der Waals surface area contributed by atoms with Crippen LogP contribution in [0.2, 0.25) is 0 Å². The number of ether oxygens (including phenoxy) is 1. The molecule has 4 heterocycles. The number of fused-ring (bicyclic) bond motifs is 1. The fourth-order valence-electron chi connectivity index (χ4n) is 4.03. The molecule has 1 aliphatic heterocycles. The summed E-state index contributed by atoms with van der Waals surface area (Å²) in [5, 5.41) is 0. The summed E-state index contributed by atoms with van der Waals surface area (Å²) in [5.41, 5.74) is 10.8. The summed E-state index contributed by atoms with van der Waals surface area (Å²) in [5.74, 6) is 1.61. The second-order valence-electron chi connectivity index (χ2n) is 7.64. The predicted molar refractivity (Wildman–Crippen MR) is 121 cm³/mol. The summed E-state index contributed by atoms with van der Waals surface area (Å²) >= 11 is 0. The van der Waals surface area contributed by atoms with Crippen molar-refractivity contribution in [1.29, 1.82) is 0 Å². The number of imidazole rings is 1. The number of anilines is 2. The van der Waals surface area contributed by atoms with Crippen LogP contribution in [0.3, 0.4) is 0 Å². The normalized spacial score (nSPS) is 14.8. The van der Waals surface area contributed by atoms with E-state index in [4.69, 9.17) is 15.5 Å². The van der Waals surface area contributed by atoms with Crippen LogP contribution < -0.4 is 15.4 Å². The van der Waals surface area contributed by atoms with E-state index in [1.165, 1.54) is 0 Å². The summed E-state index contributed by atoms with van der Waals surface area (Å²) in [6, 6.07) is 13.7. The molecule has 1 aliphatic rings. The van der Waals surface area contributed by atoms with E-state index in [-0.39, 0.29) is 0 Å². The van der Waals surface area contributed by atoms with Crippen LogP contribution in [0.4, 0.5) is 11.6 Å². The van der Waals surface area contributed by atoms with Gasteiger partial charge in [-0.2, -0.15) is 0 Å². The molecule has 0 atom stereocenters. The minimum absolute atomic E-state index is 0.717. The van der Waals surface area contributed by atoms with Crippen LogP contribution in [0.5, 0.6) is 5.75 Å². The predicted octanol–water partition coefficient (Wildman–Crippen LogP) is 2.70. The lowest BCUT2D eigenvalue weighted by Gasteiger charge is -2.34. The van der Waals surface area contributed by atoms with Gasteiger partial charge in [0.25, 0.3) is 0 Å². The number of piperazine rings is 1. The number of hydrogen-bond donors (Lipinski definition) is 1. The molecule has 1 saturated heterocycles. The van der Waals surface area contributed by atoms with Crippen molar-refractivity contribution in [3.8, 4) is 17.0 Å². The molecular weight excluding hydrogens is 390 g/mol. The van der Waals surface area contributed by atoms with E-state index in [0.717, 1.165) is 72.7 Å². The molecule has 1 fully saturated rings. The zero-order valence-corrected chi connectivity index (χ0v) is 17.5. The lowest BCUT2D eigenvalue weighted by atomic mass is 10.1. The fraction of sp³-hybridized carbons (Fsp3) is 0.261. The molecule has 8 heteroatoms. The van der Waals surface area contributed by atoms with Crippen molar-refractivity contribution >= 4 is 17.3 Å². The number of benzene rings is 1. The second-order valence-corrected chi connectivity index (χ2v) is 7.64. The molecule has 158 valence electrons. The highest BCUT2D eigenvalue weighted by Crippen LogP contribution is 2.29. The first-order valence-electron chi connectivity index (χ1n) is 10.4. The number of aromatic nitrogens is 4. The Morgan fingerprint density at radius 3 is 2.58 bits per heavy atom. The first-order chi connectivity index (χ1) is 15.2. The number of pyridine rings is 1. The summed E-state index contributed by atoms with van der Waals surface area (Å²) in [6.45, 7) is 4.39. The van der Waals surface area contributed by atoms with Gasteiger partial charge in [0.2, 0.25) is 5.95 Å². The summed E-state index contributed by atoms with van der Waals surface area (Å²) in [4.78, 5) is 18.4. The van der Waals surface area contributed by atoms with Gasteiger partial charge < -0.3 is 19.8 Å². The van der Waals surface area contributed by atoms with Crippen molar-refractivity contribution in [3.63, 3.8) is 0 Å². The van der Waals surface area contributed by atoms with Crippen LogP contribution >= 0.6 is 0 Å². The van der Waals surface area contributed by atoms with Crippen molar-refractivity contribution in [3.05, 3.63) is 66.7 Å². The third kappa shape index (κ3) is 3.89. The Balaban J connectivity index is 1.44. The molecule has 0 bridgehead atoms. The number of nitrogens with zero attached hydrogens (tertiary/aromatic N) is 6. The topological polar surface area (TPSA) is 84.8 Å². The highest BCUT2D eigenvalue weighted by Gasteiger charge is 2.22. The van der Waals surface area contributed by atoms with Gasteiger partial charge in [0, 0.05) is 62.6 Å². The van der Waals surface area contributed by atoms with Gasteiger partial charge in [-0.1, -0.05) is 12.1 Å². The average molecular weight is 416 g/mol.